The van der Waals surface area contributed by atoms with Crippen molar-refractivity contribution in [1.82, 2.24) is 19.4 Å². The first-order valence-corrected chi connectivity index (χ1v) is 12.6. The fourth-order valence-corrected chi connectivity index (χ4v) is 7.28. The first kappa shape index (κ1) is 19.3. The van der Waals surface area contributed by atoms with Crippen LogP contribution in [0.25, 0.3) is 38.4 Å². The van der Waals surface area contributed by atoms with Crippen LogP contribution in [0.3, 0.4) is 0 Å². The second kappa shape index (κ2) is 7.72. The lowest BCUT2D eigenvalue weighted by Gasteiger charge is -2.21. The summed E-state index contributed by atoms with van der Waals surface area (Å²) in [5.41, 5.74) is 4.19. The zero-order chi connectivity index (χ0) is 22.5. The van der Waals surface area contributed by atoms with E-state index in [0.717, 1.165) is 27.6 Å². The molecule has 4 nitrogen and oxygen atoms in total. The minimum atomic E-state index is -0.860. The van der Waals surface area contributed by atoms with E-state index in [2.05, 4.69) is 88.2 Å². The number of fused-ring (bicyclic) bond motifs is 8. The van der Waals surface area contributed by atoms with E-state index in [1.807, 2.05) is 36.9 Å². The number of rotatable bonds is 3. The third kappa shape index (κ3) is 2.86. The predicted molar refractivity (Wildman–Crippen MR) is 142 cm³/mol. The normalized spacial score (nSPS) is 12.6. The summed E-state index contributed by atoms with van der Waals surface area (Å²) < 4.78 is 2.27. The Morgan fingerprint density at radius 3 is 2.21 bits per heavy atom. The summed E-state index contributed by atoms with van der Waals surface area (Å²) in [6.45, 7) is 0. The van der Waals surface area contributed by atoms with Crippen LogP contribution in [0.5, 0.6) is 0 Å². The molecular formula is C29H19N4P. The highest BCUT2D eigenvalue weighted by Crippen LogP contribution is 2.39. The highest BCUT2D eigenvalue weighted by molar-refractivity contribution is 7.80. The largest absolute Gasteiger partial charge is 0.292 e. The Hall–Kier alpha value is -4.14. The minimum Gasteiger partial charge on any atom is -0.292 e. The van der Waals surface area contributed by atoms with Gasteiger partial charge in [0.15, 0.2) is 0 Å². The zero-order valence-electron chi connectivity index (χ0n) is 18.2. The molecular weight excluding hydrogens is 435 g/mol. The average Bonchev–Trinajstić information content (AvgIpc) is 3.30. The predicted octanol–water partition coefficient (Wildman–Crippen LogP) is 5.34. The zero-order valence-corrected chi connectivity index (χ0v) is 19.1. The highest BCUT2D eigenvalue weighted by Gasteiger charge is 2.23. The van der Waals surface area contributed by atoms with Crippen LogP contribution >= 0.6 is 7.92 Å². The third-order valence-corrected chi connectivity index (χ3v) is 8.72. The van der Waals surface area contributed by atoms with Gasteiger partial charge in [-0.3, -0.25) is 14.4 Å². The van der Waals surface area contributed by atoms with Crippen molar-refractivity contribution in [1.29, 1.82) is 0 Å². The Morgan fingerprint density at radius 1 is 0.588 bits per heavy atom. The Bertz CT molecular complexity index is 1770. The van der Waals surface area contributed by atoms with Crippen molar-refractivity contribution in [3.05, 3.63) is 116 Å². The van der Waals surface area contributed by atoms with E-state index >= 15 is 0 Å². The van der Waals surface area contributed by atoms with Gasteiger partial charge in [0.05, 0.1) is 16.6 Å². The van der Waals surface area contributed by atoms with Crippen LogP contribution in [0.15, 0.2) is 116 Å². The van der Waals surface area contributed by atoms with Gasteiger partial charge in [-0.25, -0.2) is 4.98 Å². The second-order valence-corrected chi connectivity index (χ2v) is 10.4. The number of nitrogens with zero attached hydrogens (tertiary/aromatic N) is 4. The SMILES string of the molecule is c1ccc(P(c2cccnc2)c2cncc3c2c2ccccc2n2c4ccccc4nc32)cc1. The molecule has 34 heavy (non-hydrogen) atoms. The number of para-hydroxylation sites is 3. The number of hydrogen-bond donors (Lipinski definition) is 0. The Kier molecular flexibility index (Phi) is 4.39. The molecule has 4 aromatic heterocycles. The molecule has 4 heterocycles. The van der Waals surface area contributed by atoms with Gasteiger partial charge in [0.25, 0.3) is 0 Å². The van der Waals surface area contributed by atoms with E-state index in [1.54, 1.807) is 0 Å². The molecule has 7 aromatic rings. The van der Waals surface area contributed by atoms with Gasteiger partial charge in [-0.1, -0.05) is 66.7 Å². The standard InChI is InChI=1S/C29H19N4P/c1-2-9-20(10-3-1)34(21-11-8-16-30-17-21)27-19-31-18-23-28(27)22-12-4-6-14-25(22)33-26-15-7-5-13-24(26)32-29(23)33/h1-19H. The van der Waals surface area contributed by atoms with Crippen molar-refractivity contribution in [2.75, 3.05) is 0 Å². The van der Waals surface area contributed by atoms with E-state index in [4.69, 9.17) is 9.97 Å². The molecule has 7 rings (SSSR count). The van der Waals surface area contributed by atoms with Crippen LogP contribution in [-0.4, -0.2) is 19.4 Å². The fraction of sp³-hybridized carbons (Fsp3) is 0. The van der Waals surface area contributed by atoms with Crippen molar-refractivity contribution in [2.24, 2.45) is 0 Å². The molecule has 5 heteroatoms. The van der Waals surface area contributed by atoms with Crippen molar-refractivity contribution in [3.8, 4) is 0 Å². The van der Waals surface area contributed by atoms with Crippen LogP contribution in [0.1, 0.15) is 0 Å². The average molecular weight is 454 g/mol. The number of benzene rings is 3. The smallest absolute Gasteiger partial charge is 0.147 e. The highest BCUT2D eigenvalue weighted by atomic mass is 31.1. The van der Waals surface area contributed by atoms with Crippen LogP contribution in [0, 0.1) is 0 Å². The first-order chi connectivity index (χ1) is 16.9. The molecule has 0 aliphatic rings. The van der Waals surface area contributed by atoms with E-state index in [-0.39, 0.29) is 0 Å². The van der Waals surface area contributed by atoms with Crippen LogP contribution in [0.4, 0.5) is 0 Å². The molecule has 0 fully saturated rings. The molecule has 0 amide bonds. The lowest BCUT2D eigenvalue weighted by Crippen LogP contribution is -2.22. The molecule has 0 aliphatic carbocycles. The lowest BCUT2D eigenvalue weighted by atomic mass is 10.1. The maximum Gasteiger partial charge on any atom is 0.147 e. The summed E-state index contributed by atoms with van der Waals surface area (Å²) in [5, 5.41) is 7.19. The monoisotopic (exact) mass is 454 g/mol. The van der Waals surface area contributed by atoms with E-state index < -0.39 is 7.92 Å². The number of pyridine rings is 3. The minimum absolute atomic E-state index is 0.860. The number of hydrogen-bond acceptors (Lipinski definition) is 3. The van der Waals surface area contributed by atoms with Gasteiger partial charge in [0.1, 0.15) is 5.65 Å². The van der Waals surface area contributed by atoms with Crippen molar-refractivity contribution < 1.29 is 0 Å². The van der Waals surface area contributed by atoms with Crippen LogP contribution < -0.4 is 15.9 Å². The molecule has 1 atom stereocenters. The molecule has 0 radical (unpaired) electrons. The van der Waals surface area contributed by atoms with Crippen LogP contribution in [-0.2, 0) is 0 Å². The maximum absolute atomic E-state index is 5.06. The van der Waals surface area contributed by atoms with E-state index in [1.165, 1.54) is 26.7 Å². The summed E-state index contributed by atoms with van der Waals surface area (Å²) in [7, 11) is -0.860. The van der Waals surface area contributed by atoms with E-state index in [0.29, 0.717) is 0 Å². The fourth-order valence-electron chi connectivity index (χ4n) is 4.89. The maximum atomic E-state index is 5.06. The second-order valence-electron chi connectivity index (χ2n) is 8.24. The molecule has 0 bridgehead atoms. The molecule has 1 unspecified atom stereocenters. The van der Waals surface area contributed by atoms with Crippen molar-refractivity contribution in [3.63, 3.8) is 0 Å². The van der Waals surface area contributed by atoms with Crippen molar-refractivity contribution >= 4 is 62.2 Å². The molecule has 0 spiro atoms. The Labute approximate surface area is 197 Å². The summed E-state index contributed by atoms with van der Waals surface area (Å²) in [6, 6.07) is 31.8. The summed E-state index contributed by atoms with van der Waals surface area (Å²) in [6.07, 6.45) is 7.83. The summed E-state index contributed by atoms with van der Waals surface area (Å²) >= 11 is 0. The van der Waals surface area contributed by atoms with Gasteiger partial charge in [0, 0.05) is 51.6 Å². The molecule has 0 saturated heterocycles. The summed E-state index contributed by atoms with van der Waals surface area (Å²) in [4.78, 5) is 14.3. The Balaban J connectivity index is 1.67. The topological polar surface area (TPSA) is 43.1 Å². The Morgan fingerprint density at radius 2 is 1.35 bits per heavy atom. The van der Waals surface area contributed by atoms with Gasteiger partial charge in [0.2, 0.25) is 0 Å². The van der Waals surface area contributed by atoms with Crippen molar-refractivity contribution in [2.45, 2.75) is 0 Å². The molecule has 0 N–H and O–H groups in total. The van der Waals surface area contributed by atoms with Crippen LogP contribution in [0.2, 0.25) is 0 Å². The number of aromatic nitrogens is 4. The summed E-state index contributed by atoms with van der Waals surface area (Å²) in [5.74, 6) is 0. The molecule has 160 valence electrons. The van der Waals surface area contributed by atoms with Gasteiger partial charge in [-0.05, 0) is 37.5 Å². The first-order valence-electron chi connectivity index (χ1n) is 11.2. The van der Waals surface area contributed by atoms with E-state index in [9.17, 15) is 0 Å². The van der Waals surface area contributed by atoms with Gasteiger partial charge >= 0.3 is 0 Å². The van der Waals surface area contributed by atoms with Gasteiger partial charge in [-0.2, -0.15) is 0 Å². The quantitative estimate of drug-likeness (QED) is 0.267. The molecule has 0 saturated carbocycles. The third-order valence-electron chi connectivity index (χ3n) is 6.30. The van der Waals surface area contributed by atoms with Gasteiger partial charge < -0.3 is 0 Å². The number of imidazole rings is 1. The lowest BCUT2D eigenvalue weighted by molar-refractivity contribution is 1.30. The molecule has 0 aliphatic heterocycles. The molecule has 3 aromatic carbocycles. The van der Waals surface area contributed by atoms with Gasteiger partial charge in [-0.15, -0.1) is 0 Å².